The number of pyridine rings is 1. The molecule has 4 rings (SSSR count). The summed E-state index contributed by atoms with van der Waals surface area (Å²) < 4.78 is 2.78. The van der Waals surface area contributed by atoms with Crippen molar-refractivity contribution < 1.29 is 9.90 Å². The molecule has 128 valence electrons. The van der Waals surface area contributed by atoms with E-state index in [1.54, 1.807) is 18.3 Å². The third kappa shape index (κ3) is 3.00. The summed E-state index contributed by atoms with van der Waals surface area (Å²) in [4.78, 5) is 16.1. The lowest BCUT2D eigenvalue weighted by molar-refractivity contribution is 0.0696. The van der Waals surface area contributed by atoms with E-state index in [1.165, 1.54) is 0 Å². The number of carbonyl (C=O) groups is 1. The topological polar surface area (TPSA) is 54.6 Å². The molecule has 2 aromatic carbocycles. The van der Waals surface area contributed by atoms with Crippen molar-refractivity contribution in [1.29, 1.82) is 0 Å². The predicted molar refractivity (Wildman–Crippen MR) is 106 cm³/mol. The van der Waals surface area contributed by atoms with E-state index in [0.29, 0.717) is 10.7 Å². The van der Waals surface area contributed by atoms with Gasteiger partial charge in [0.25, 0.3) is 0 Å². The van der Waals surface area contributed by atoms with Crippen molar-refractivity contribution in [3.63, 3.8) is 0 Å². The van der Waals surface area contributed by atoms with Gasteiger partial charge in [-0.25, -0.2) is 9.78 Å². The van der Waals surface area contributed by atoms with Crippen molar-refractivity contribution in [2.45, 2.75) is 0 Å². The van der Waals surface area contributed by atoms with Gasteiger partial charge in [-0.1, -0.05) is 51.8 Å². The highest BCUT2D eigenvalue weighted by Gasteiger charge is 2.17. The molecule has 0 spiro atoms. The summed E-state index contributed by atoms with van der Waals surface area (Å²) >= 11 is 9.46. The van der Waals surface area contributed by atoms with E-state index in [-0.39, 0.29) is 5.56 Å². The summed E-state index contributed by atoms with van der Waals surface area (Å²) in [7, 11) is 0. The fourth-order valence-electron chi connectivity index (χ4n) is 2.86. The molecule has 0 amide bonds. The molecule has 26 heavy (non-hydrogen) atoms. The van der Waals surface area contributed by atoms with Crippen LogP contribution in [0.3, 0.4) is 0 Å². The van der Waals surface area contributed by atoms with Crippen LogP contribution in [0.15, 0.2) is 71.3 Å². The van der Waals surface area contributed by atoms with Crippen LogP contribution in [0.1, 0.15) is 10.4 Å². The molecule has 0 atom stereocenters. The lowest BCUT2D eigenvalue weighted by atomic mass is 10.0. The van der Waals surface area contributed by atoms with E-state index < -0.39 is 5.97 Å². The van der Waals surface area contributed by atoms with E-state index in [1.807, 2.05) is 52.9 Å². The van der Waals surface area contributed by atoms with Crippen molar-refractivity contribution in [1.82, 2.24) is 9.38 Å². The number of aromatic carboxylic acids is 1. The molecule has 1 N–H and O–H groups in total. The second kappa shape index (κ2) is 6.59. The predicted octanol–water partition coefficient (Wildman–Crippen LogP) is 5.78. The number of imidazole rings is 1. The monoisotopic (exact) mass is 426 g/mol. The fourth-order valence-corrected chi connectivity index (χ4v) is 3.25. The van der Waals surface area contributed by atoms with E-state index in [4.69, 9.17) is 16.6 Å². The number of rotatable bonds is 3. The van der Waals surface area contributed by atoms with Crippen molar-refractivity contribution in [2.75, 3.05) is 0 Å². The first-order chi connectivity index (χ1) is 12.5. The number of halogens is 2. The Labute approximate surface area is 162 Å². The SMILES string of the molecule is O=C(O)c1ccc2nc(-c3ccc(Cl)cc3)c(-c3ccc(Br)cc3)n2c1. The van der Waals surface area contributed by atoms with Gasteiger partial charge in [0.1, 0.15) is 5.65 Å². The Hall–Kier alpha value is -2.63. The molecule has 0 saturated carbocycles. The third-order valence-corrected chi connectivity index (χ3v) is 4.88. The Morgan fingerprint density at radius 1 is 0.962 bits per heavy atom. The summed E-state index contributed by atoms with van der Waals surface area (Å²) in [5, 5.41) is 9.99. The molecule has 0 radical (unpaired) electrons. The molecule has 6 heteroatoms. The molecule has 0 unspecified atom stereocenters. The summed E-state index contributed by atoms with van der Waals surface area (Å²) in [6, 6.07) is 18.6. The lowest BCUT2D eigenvalue weighted by Crippen LogP contribution is -1.99. The average Bonchev–Trinajstić information content (AvgIpc) is 3.01. The third-order valence-electron chi connectivity index (χ3n) is 4.10. The maximum absolute atomic E-state index is 11.4. The summed E-state index contributed by atoms with van der Waals surface area (Å²) in [6.07, 6.45) is 1.60. The molecular formula is C20H12BrClN2O2. The van der Waals surface area contributed by atoms with Gasteiger partial charge in [-0.2, -0.15) is 0 Å². The summed E-state index contributed by atoms with van der Waals surface area (Å²) in [5.74, 6) is -0.976. The Balaban J connectivity index is 2.03. The van der Waals surface area contributed by atoms with Gasteiger partial charge in [0.05, 0.1) is 17.0 Å². The Morgan fingerprint density at radius 3 is 2.27 bits per heavy atom. The average molecular weight is 428 g/mol. The molecule has 0 aliphatic heterocycles. The number of carboxylic acids is 1. The van der Waals surface area contributed by atoms with E-state index in [9.17, 15) is 9.90 Å². The smallest absolute Gasteiger partial charge is 0.337 e. The van der Waals surface area contributed by atoms with Crippen LogP contribution in [-0.2, 0) is 0 Å². The first-order valence-corrected chi connectivity index (χ1v) is 8.97. The van der Waals surface area contributed by atoms with E-state index >= 15 is 0 Å². The number of hydrogen-bond acceptors (Lipinski definition) is 2. The van der Waals surface area contributed by atoms with Crippen LogP contribution in [0.25, 0.3) is 28.2 Å². The quantitative estimate of drug-likeness (QED) is 0.451. The lowest BCUT2D eigenvalue weighted by Gasteiger charge is -2.07. The molecule has 0 saturated heterocycles. The Bertz CT molecular complexity index is 1120. The maximum Gasteiger partial charge on any atom is 0.337 e. The minimum Gasteiger partial charge on any atom is -0.478 e. The molecule has 0 aliphatic rings. The van der Waals surface area contributed by atoms with Crippen LogP contribution < -0.4 is 0 Å². The van der Waals surface area contributed by atoms with Crippen molar-refractivity contribution in [3.05, 3.63) is 81.9 Å². The van der Waals surface area contributed by atoms with E-state index in [2.05, 4.69) is 15.9 Å². The summed E-state index contributed by atoms with van der Waals surface area (Å²) in [6.45, 7) is 0. The zero-order chi connectivity index (χ0) is 18.3. The zero-order valence-electron chi connectivity index (χ0n) is 13.4. The number of fused-ring (bicyclic) bond motifs is 1. The summed E-state index contributed by atoms with van der Waals surface area (Å²) in [5.41, 5.74) is 4.33. The molecular weight excluding hydrogens is 416 g/mol. The Morgan fingerprint density at radius 2 is 1.62 bits per heavy atom. The molecule has 2 heterocycles. The van der Waals surface area contributed by atoms with Gasteiger partial charge in [0, 0.05) is 26.8 Å². The minimum atomic E-state index is -0.976. The fraction of sp³-hybridized carbons (Fsp3) is 0. The molecule has 0 bridgehead atoms. The molecule has 4 nitrogen and oxygen atoms in total. The van der Waals surface area contributed by atoms with Crippen molar-refractivity contribution in [3.8, 4) is 22.5 Å². The first-order valence-electron chi connectivity index (χ1n) is 7.80. The molecule has 2 aromatic heterocycles. The number of nitrogens with zero attached hydrogens (tertiary/aromatic N) is 2. The molecule has 4 aromatic rings. The van der Waals surface area contributed by atoms with Gasteiger partial charge in [0.15, 0.2) is 0 Å². The van der Waals surface area contributed by atoms with Crippen LogP contribution >= 0.6 is 27.5 Å². The Kier molecular flexibility index (Phi) is 4.26. The highest BCUT2D eigenvalue weighted by atomic mass is 79.9. The van der Waals surface area contributed by atoms with Crippen molar-refractivity contribution >= 4 is 39.1 Å². The highest BCUT2D eigenvalue weighted by molar-refractivity contribution is 9.10. The number of carboxylic acid groups (broad SMARTS) is 1. The van der Waals surface area contributed by atoms with Crippen LogP contribution in [0.2, 0.25) is 5.02 Å². The van der Waals surface area contributed by atoms with Crippen molar-refractivity contribution in [2.24, 2.45) is 0 Å². The van der Waals surface area contributed by atoms with Crippen LogP contribution in [-0.4, -0.2) is 20.5 Å². The number of hydrogen-bond donors (Lipinski definition) is 1. The molecule has 0 aliphatic carbocycles. The normalized spacial score (nSPS) is 11.0. The second-order valence-corrected chi connectivity index (χ2v) is 7.13. The standard InChI is InChI=1S/C20H12BrClN2O2/c21-15-6-1-13(2-7-15)19-18(12-3-8-16(22)9-4-12)23-17-10-5-14(20(25)26)11-24(17)19/h1-11H,(H,25,26). The zero-order valence-corrected chi connectivity index (χ0v) is 15.7. The maximum atomic E-state index is 11.4. The highest BCUT2D eigenvalue weighted by Crippen LogP contribution is 2.34. The van der Waals surface area contributed by atoms with Gasteiger partial charge < -0.3 is 5.11 Å². The molecule has 0 fully saturated rings. The number of benzene rings is 2. The van der Waals surface area contributed by atoms with Crippen LogP contribution in [0, 0.1) is 0 Å². The largest absolute Gasteiger partial charge is 0.478 e. The minimum absolute atomic E-state index is 0.205. The van der Waals surface area contributed by atoms with Crippen LogP contribution in [0.5, 0.6) is 0 Å². The van der Waals surface area contributed by atoms with Gasteiger partial charge in [-0.3, -0.25) is 4.40 Å². The first kappa shape index (κ1) is 16.8. The van der Waals surface area contributed by atoms with Gasteiger partial charge in [-0.05, 0) is 36.4 Å². The second-order valence-electron chi connectivity index (χ2n) is 5.77. The van der Waals surface area contributed by atoms with E-state index in [0.717, 1.165) is 27.0 Å². The van der Waals surface area contributed by atoms with Gasteiger partial charge >= 0.3 is 5.97 Å². The van der Waals surface area contributed by atoms with Gasteiger partial charge in [-0.15, -0.1) is 0 Å². The van der Waals surface area contributed by atoms with Gasteiger partial charge in [0.2, 0.25) is 0 Å². The number of aromatic nitrogens is 2. The van der Waals surface area contributed by atoms with Crippen LogP contribution in [0.4, 0.5) is 0 Å².